The zero-order chi connectivity index (χ0) is 11.7. The maximum absolute atomic E-state index is 11.4. The van der Waals surface area contributed by atoms with Crippen LogP contribution >= 0.6 is 0 Å². The number of esters is 1. The van der Waals surface area contributed by atoms with E-state index in [4.69, 9.17) is 4.74 Å². The lowest BCUT2D eigenvalue weighted by Crippen LogP contribution is -2.29. The van der Waals surface area contributed by atoms with Gasteiger partial charge in [-0.05, 0) is 25.8 Å². The van der Waals surface area contributed by atoms with Gasteiger partial charge >= 0.3 is 5.97 Å². The standard InChI is InChI=1S/C12H25NO2/c1-5-7-10(3)9-15-12(14)8-11(4)13-6-2/h10-11,13H,5-9H2,1-4H3. The van der Waals surface area contributed by atoms with Gasteiger partial charge in [0.15, 0.2) is 0 Å². The quantitative estimate of drug-likeness (QED) is 0.632. The van der Waals surface area contributed by atoms with Crippen molar-refractivity contribution < 1.29 is 9.53 Å². The molecule has 0 radical (unpaired) electrons. The van der Waals surface area contributed by atoms with Crippen LogP contribution in [0.25, 0.3) is 0 Å². The van der Waals surface area contributed by atoms with Gasteiger partial charge in [-0.15, -0.1) is 0 Å². The molecule has 0 aliphatic carbocycles. The van der Waals surface area contributed by atoms with Crippen molar-refractivity contribution in [2.24, 2.45) is 5.92 Å². The topological polar surface area (TPSA) is 38.3 Å². The predicted octanol–water partition coefficient (Wildman–Crippen LogP) is 2.35. The Kier molecular flexibility index (Phi) is 8.38. The molecule has 0 fully saturated rings. The van der Waals surface area contributed by atoms with Gasteiger partial charge in [-0.3, -0.25) is 4.79 Å². The maximum atomic E-state index is 11.4. The molecule has 0 aliphatic heterocycles. The first-order valence-corrected chi connectivity index (χ1v) is 5.99. The number of rotatable bonds is 8. The van der Waals surface area contributed by atoms with Gasteiger partial charge in [0.25, 0.3) is 0 Å². The Bertz CT molecular complexity index is 171. The Morgan fingerprint density at radius 1 is 1.33 bits per heavy atom. The molecule has 1 N–H and O–H groups in total. The lowest BCUT2D eigenvalue weighted by molar-refractivity contribution is -0.145. The van der Waals surface area contributed by atoms with Crippen LogP contribution in [0.15, 0.2) is 0 Å². The molecular formula is C12H25NO2. The second kappa shape index (κ2) is 8.72. The van der Waals surface area contributed by atoms with Crippen LogP contribution in [0, 0.1) is 5.92 Å². The number of hydrogen-bond acceptors (Lipinski definition) is 3. The van der Waals surface area contributed by atoms with Crippen molar-refractivity contribution in [2.45, 2.75) is 53.0 Å². The average Bonchev–Trinajstić information content (AvgIpc) is 2.15. The first-order chi connectivity index (χ1) is 7.10. The van der Waals surface area contributed by atoms with E-state index in [0.717, 1.165) is 19.4 Å². The summed E-state index contributed by atoms with van der Waals surface area (Å²) < 4.78 is 5.19. The maximum Gasteiger partial charge on any atom is 0.307 e. The largest absolute Gasteiger partial charge is 0.465 e. The molecule has 0 bridgehead atoms. The fourth-order valence-electron chi connectivity index (χ4n) is 1.54. The highest BCUT2D eigenvalue weighted by atomic mass is 16.5. The number of hydrogen-bond donors (Lipinski definition) is 1. The van der Waals surface area contributed by atoms with Gasteiger partial charge in [0.05, 0.1) is 13.0 Å². The van der Waals surface area contributed by atoms with E-state index in [1.807, 2.05) is 13.8 Å². The first kappa shape index (κ1) is 14.4. The average molecular weight is 215 g/mol. The van der Waals surface area contributed by atoms with E-state index in [2.05, 4.69) is 19.2 Å². The molecule has 0 spiro atoms. The summed E-state index contributed by atoms with van der Waals surface area (Å²) in [5, 5.41) is 3.19. The van der Waals surface area contributed by atoms with Gasteiger partial charge in [-0.1, -0.05) is 27.2 Å². The van der Waals surface area contributed by atoms with Crippen molar-refractivity contribution in [1.29, 1.82) is 0 Å². The summed E-state index contributed by atoms with van der Waals surface area (Å²) in [6.07, 6.45) is 2.73. The van der Waals surface area contributed by atoms with Crippen LogP contribution in [-0.2, 0) is 9.53 Å². The van der Waals surface area contributed by atoms with Crippen molar-refractivity contribution >= 4 is 5.97 Å². The highest BCUT2D eigenvalue weighted by Crippen LogP contribution is 2.06. The number of ether oxygens (including phenoxy) is 1. The van der Waals surface area contributed by atoms with E-state index in [-0.39, 0.29) is 12.0 Å². The Labute approximate surface area is 93.6 Å². The van der Waals surface area contributed by atoms with Gasteiger partial charge in [-0.25, -0.2) is 0 Å². The molecule has 0 saturated heterocycles. The molecule has 3 nitrogen and oxygen atoms in total. The summed E-state index contributed by atoms with van der Waals surface area (Å²) in [6.45, 7) is 9.74. The summed E-state index contributed by atoms with van der Waals surface area (Å²) >= 11 is 0. The van der Waals surface area contributed by atoms with Crippen LogP contribution in [0.4, 0.5) is 0 Å². The van der Waals surface area contributed by atoms with E-state index >= 15 is 0 Å². The van der Waals surface area contributed by atoms with Crippen molar-refractivity contribution in [3.63, 3.8) is 0 Å². The van der Waals surface area contributed by atoms with E-state index in [1.165, 1.54) is 0 Å². The molecule has 2 atom stereocenters. The molecule has 90 valence electrons. The highest BCUT2D eigenvalue weighted by Gasteiger charge is 2.10. The van der Waals surface area contributed by atoms with Gasteiger partial charge in [0.2, 0.25) is 0 Å². The summed E-state index contributed by atoms with van der Waals surface area (Å²) in [6, 6.07) is 0.212. The predicted molar refractivity (Wildman–Crippen MR) is 62.8 cm³/mol. The molecule has 0 aromatic carbocycles. The summed E-state index contributed by atoms with van der Waals surface area (Å²) in [5.41, 5.74) is 0. The van der Waals surface area contributed by atoms with Crippen LogP contribution in [-0.4, -0.2) is 25.2 Å². The van der Waals surface area contributed by atoms with Gasteiger partial charge < -0.3 is 10.1 Å². The molecule has 15 heavy (non-hydrogen) atoms. The molecule has 3 heteroatoms. The SMILES string of the molecule is CCCC(C)COC(=O)CC(C)NCC. The fourth-order valence-corrected chi connectivity index (χ4v) is 1.54. The Morgan fingerprint density at radius 3 is 2.53 bits per heavy atom. The number of carbonyl (C=O) groups is 1. The Balaban J connectivity index is 3.56. The van der Waals surface area contributed by atoms with Crippen molar-refractivity contribution in [1.82, 2.24) is 5.32 Å². The zero-order valence-electron chi connectivity index (χ0n) is 10.5. The first-order valence-electron chi connectivity index (χ1n) is 5.99. The second-order valence-electron chi connectivity index (χ2n) is 4.24. The number of carbonyl (C=O) groups excluding carboxylic acids is 1. The highest BCUT2D eigenvalue weighted by molar-refractivity contribution is 5.70. The van der Waals surface area contributed by atoms with Gasteiger partial charge in [-0.2, -0.15) is 0 Å². The normalized spacial score (nSPS) is 14.7. The van der Waals surface area contributed by atoms with Crippen LogP contribution in [0.1, 0.15) is 47.0 Å². The minimum atomic E-state index is -0.0913. The Hall–Kier alpha value is -0.570. The van der Waals surface area contributed by atoms with Crippen molar-refractivity contribution in [3.8, 4) is 0 Å². The number of nitrogens with one attached hydrogen (secondary N) is 1. The summed E-state index contributed by atoms with van der Waals surface area (Å²) in [4.78, 5) is 11.4. The molecular weight excluding hydrogens is 190 g/mol. The summed E-state index contributed by atoms with van der Waals surface area (Å²) in [7, 11) is 0. The molecule has 0 aromatic rings. The van der Waals surface area contributed by atoms with Crippen LogP contribution in [0.2, 0.25) is 0 Å². The molecule has 2 unspecified atom stereocenters. The molecule has 0 saturated carbocycles. The van der Waals surface area contributed by atoms with Crippen molar-refractivity contribution in [3.05, 3.63) is 0 Å². The van der Waals surface area contributed by atoms with Crippen molar-refractivity contribution in [2.75, 3.05) is 13.2 Å². The van der Waals surface area contributed by atoms with Crippen LogP contribution in [0.3, 0.4) is 0 Å². The Morgan fingerprint density at radius 2 is 2.00 bits per heavy atom. The molecule has 0 heterocycles. The zero-order valence-corrected chi connectivity index (χ0v) is 10.5. The monoisotopic (exact) mass is 215 g/mol. The molecule has 0 amide bonds. The minimum absolute atomic E-state index is 0.0913. The lowest BCUT2D eigenvalue weighted by Gasteiger charge is -2.14. The minimum Gasteiger partial charge on any atom is -0.465 e. The van der Waals surface area contributed by atoms with Gasteiger partial charge in [0.1, 0.15) is 0 Å². The summed E-state index contributed by atoms with van der Waals surface area (Å²) in [5.74, 6) is 0.389. The van der Waals surface area contributed by atoms with E-state index < -0.39 is 0 Å². The van der Waals surface area contributed by atoms with E-state index in [0.29, 0.717) is 18.9 Å². The van der Waals surface area contributed by atoms with Crippen LogP contribution in [0.5, 0.6) is 0 Å². The molecule has 0 aliphatic rings. The second-order valence-corrected chi connectivity index (χ2v) is 4.24. The molecule has 0 rings (SSSR count). The third-order valence-corrected chi connectivity index (χ3v) is 2.34. The van der Waals surface area contributed by atoms with E-state index in [9.17, 15) is 4.79 Å². The lowest BCUT2D eigenvalue weighted by atomic mass is 10.1. The molecule has 0 aromatic heterocycles. The van der Waals surface area contributed by atoms with E-state index in [1.54, 1.807) is 0 Å². The van der Waals surface area contributed by atoms with Gasteiger partial charge in [0, 0.05) is 6.04 Å². The van der Waals surface area contributed by atoms with Crippen LogP contribution < -0.4 is 5.32 Å². The fraction of sp³-hybridized carbons (Fsp3) is 0.917. The smallest absolute Gasteiger partial charge is 0.307 e. The third-order valence-electron chi connectivity index (χ3n) is 2.34. The third kappa shape index (κ3) is 8.43.